The van der Waals surface area contributed by atoms with E-state index >= 15 is 4.79 Å². The van der Waals surface area contributed by atoms with Crippen molar-refractivity contribution in [3.63, 3.8) is 0 Å². The maximum atomic E-state index is 15.4. The van der Waals surface area contributed by atoms with Crippen LogP contribution in [0.1, 0.15) is 89.5 Å². The molecule has 0 fully saturated rings. The number of benzene rings is 6. The number of nitrogens with zero attached hydrogens (tertiary/aromatic N) is 2. The van der Waals surface area contributed by atoms with Gasteiger partial charge in [0.2, 0.25) is 0 Å². The quantitative estimate of drug-likeness (QED) is 0.165. The molecule has 3 aliphatic rings. The third-order valence-electron chi connectivity index (χ3n) is 13.4. The van der Waals surface area contributed by atoms with E-state index in [-0.39, 0.29) is 23.2 Å². The monoisotopic (exact) mass is 688 g/mol. The predicted octanol–water partition coefficient (Wildman–Crippen LogP) is 10.6. The summed E-state index contributed by atoms with van der Waals surface area (Å²) in [5.74, 6) is 0.700. The summed E-state index contributed by atoms with van der Waals surface area (Å²) in [5.41, 5.74) is 17.7. The molecule has 0 amide bonds. The van der Waals surface area contributed by atoms with Crippen LogP contribution in [-0.2, 0) is 10.8 Å². The van der Waals surface area contributed by atoms with Gasteiger partial charge in [0.25, 0.3) is 5.56 Å². The topological polar surface area (TPSA) is 26.9 Å². The summed E-state index contributed by atoms with van der Waals surface area (Å²) in [5, 5.41) is 2.69. The summed E-state index contributed by atoms with van der Waals surface area (Å²) < 4.78 is 4.39. The molecule has 0 saturated carbocycles. The third kappa shape index (κ3) is 4.05. The first-order chi connectivity index (χ1) is 25.4. The minimum Gasteiger partial charge on any atom is -0.281 e. The van der Waals surface area contributed by atoms with E-state index in [1.165, 1.54) is 66.2 Å². The molecule has 4 heteroatoms. The molecule has 1 aromatic heterocycles. The highest BCUT2D eigenvalue weighted by atomic mass is 16.1. The highest BCUT2D eigenvalue weighted by molar-refractivity contribution is 6.89. The molecule has 2 aliphatic heterocycles. The fraction of sp³-hybridized carbons (Fsp3) is 0.245. The molecule has 0 spiro atoms. The molecule has 0 radical (unpaired) electrons. The highest BCUT2D eigenvalue weighted by Gasteiger charge is 2.51. The average Bonchev–Trinajstić information content (AvgIpc) is 3.70. The van der Waals surface area contributed by atoms with E-state index in [1.807, 2.05) is 18.2 Å². The van der Waals surface area contributed by atoms with E-state index in [0.717, 1.165) is 28.1 Å². The Balaban J connectivity index is 1.41. The smallest absolute Gasteiger partial charge is 0.281 e. The maximum absolute atomic E-state index is 15.4. The van der Waals surface area contributed by atoms with Crippen molar-refractivity contribution in [3.8, 4) is 50.3 Å². The number of rotatable bonds is 5. The second-order valence-corrected chi connectivity index (χ2v) is 17.3. The molecular weight excluding hydrogens is 643 g/mol. The first kappa shape index (κ1) is 32.3. The summed E-state index contributed by atoms with van der Waals surface area (Å²) in [7, 11) is 0. The molecule has 0 atom stereocenters. The van der Waals surface area contributed by atoms with Crippen molar-refractivity contribution >= 4 is 28.5 Å². The zero-order valence-corrected chi connectivity index (χ0v) is 32.0. The van der Waals surface area contributed by atoms with E-state index in [1.54, 1.807) is 0 Å². The summed E-state index contributed by atoms with van der Waals surface area (Å²) >= 11 is 0. The summed E-state index contributed by atoms with van der Waals surface area (Å²) in [6, 6.07) is 42.0. The minimum absolute atomic E-state index is 0.0431. The predicted molar refractivity (Wildman–Crippen MR) is 224 cm³/mol. The lowest BCUT2D eigenvalue weighted by Gasteiger charge is -2.37. The Kier molecular flexibility index (Phi) is 6.62. The normalized spacial score (nSPS) is 15.5. The number of aromatic nitrogens is 2. The molecule has 0 N–H and O–H groups in total. The van der Waals surface area contributed by atoms with Crippen LogP contribution in [0.5, 0.6) is 0 Å². The molecule has 260 valence electrons. The van der Waals surface area contributed by atoms with Gasteiger partial charge in [0.05, 0.1) is 16.9 Å². The molecule has 0 saturated heterocycles. The van der Waals surface area contributed by atoms with Crippen LogP contribution in [0, 0.1) is 0 Å². The van der Waals surface area contributed by atoms with Crippen LogP contribution < -0.4 is 16.5 Å². The minimum atomic E-state index is -0.255. The Morgan fingerprint density at radius 1 is 0.566 bits per heavy atom. The fourth-order valence-corrected chi connectivity index (χ4v) is 10.2. The van der Waals surface area contributed by atoms with E-state index in [9.17, 15) is 0 Å². The van der Waals surface area contributed by atoms with Gasteiger partial charge in [0.1, 0.15) is 0 Å². The third-order valence-corrected chi connectivity index (χ3v) is 13.4. The van der Waals surface area contributed by atoms with Gasteiger partial charge in [0, 0.05) is 5.56 Å². The molecule has 0 unspecified atom stereocenters. The number of hydrogen-bond donors (Lipinski definition) is 0. The van der Waals surface area contributed by atoms with Crippen LogP contribution in [0.4, 0.5) is 0 Å². The first-order valence-corrected chi connectivity index (χ1v) is 19.3. The maximum Gasteiger partial charge on any atom is 0.354 e. The lowest BCUT2D eigenvalue weighted by atomic mass is 9.46. The largest absolute Gasteiger partial charge is 0.354 e. The fourth-order valence-electron chi connectivity index (χ4n) is 10.2. The van der Waals surface area contributed by atoms with Gasteiger partial charge in [-0.3, -0.25) is 14.1 Å². The van der Waals surface area contributed by atoms with Crippen LogP contribution in [0.2, 0.25) is 0 Å². The second-order valence-electron chi connectivity index (χ2n) is 17.3. The van der Waals surface area contributed by atoms with Crippen molar-refractivity contribution in [1.29, 1.82) is 0 Å². The zero-order chi connectivity index (χ0) is 36.7. The average molecular weight is 689 g/mol. The molecule has 7 aromatic rings. The standard InChI is InChI=1S/C49H45BN2O/c1-28(2)33-20-15-21-34(29(3)4)41(33)32-26-36-35-22-23-37-44-38(49(7,8)48(37,5)6)24-25-39(43(35)44)50-45(36)40(27-32)51-46(31-18-13-10-14-19-31)42(47(53)52(50)51)30-16-11-9-12-17-30/h9-29H,1-8H3. The lowest BCUT2D eigenvalue weighted by molar-refractivity contribution is 0.322. The molecule has 0 bridgehead atoms. The number of fused-ring (bicyclic) bond motifs is 5. The van der Waals surface area contributed by atoms with Crippen molar-refractivity contribution in [2.75, 3.05) is 0 Å². The Labute approximate surface area is 313 Å². The van der Waals surface area contributed by atoms with E-state index < -0.39 is 0 Å². The van der Waals surface area contributed by atoms with Crippen LogP contribution in [0.15, 0.2) is 120 Å². The van der Waals surface area contributed by atoms with Crippen LogP contribution in [-0.4, -0.2) is 16.1 Å². The van der Waals surface area contributed by atoms with Gasteiger partial charge >= 0.3 is 6.85 Å². The molecule has 53 heavy (non-hydrogen) atoms. The summed E-state index contributed by atoms with van der Waals surface area (Å²) in [6.45, 7) is 18.6. The molecule has 1 aliphatic carbocycles. The van der Waals surface area contributed by atoms with Crippen molar-refractivity contribution in [3.05, 3.63) is 148 Å². The van der Waals surface area contributed by atoms with E-state index in [0.29, 0.717) is 11.8 Å². The second kappa shape index (κ2) is 10.9. The highest BCUT2D eigenvalue weighted by Crippen LogP contribution is 2.56. The molecule has 3 heterocycles. The van der Waals surface area contributed by atoms with Crippen LogP contribution in [0.25, 0.3) is 61.1 Å². The van der Waals surface area contributed by atoms with Gasteiger partial charge in [-0.15, -0.1) is 0 Å². The Bertz CT molecular complexity index is 2700. The molecule has 10 rings (SSSR count). The molecule has 6 aromatic carbocycles. The van der Waals surface area contributed by atoms with Gasteiger partial charge in [-0.25, -0.2) is 0 Å². The Morgan fingerprint density at radius 3 is 1.75 bits per heavy atom. The Morgan fingerprint density at radius 2 is 1.15 bits per heavy atom. The molecular formula is C49H45BN2O. The SMILES string of the molecule is CC(C)c1cccc(C(C)C)c1-c1cc2c3c(c1)-n1c(-c4ccccc4)c(-c4ccccc4)c(=O)n1B3c1ccc3c4c(ccc-2c14)C(C)(C)C3(C)C. The first-order valence-electron chi connectivity index (χ1n) is 19.3. The summed E-state index contributed by atoms with van der Waals surface area (Å²) in [4.78, 5) is 15.4. The Hall–Kier alpha value is -5.35. The van der Waals surface area contributed by atoms with Crippen molar-refractivity contribution in [2.24, 2.45) is 0 Å². The lowest BCUT2D eigenvalue weighted by Crippen LogP contribution is -2.52. The van der Waals surface area contributed by atoms with Crippen molar-refractivity contribution in [1.82, 2.24) is 9.27 Å². The van der Waals surface area contributed by atoms with Crippen molar-refractivity contribution < 1.29 is 0 Å². The van der Waals surface area contributed by atoms with E-state index in [4.69, 9.17) is 0 Å². The zero-order valence-electron chi connectivity index (χ0n) is 32.0. The van der Waals surface area contributed by atoms with Crippen LogP contribution >= 0.6 is 0 Å². The van der Waals surface area contributed by atoms with Gasteiger partial charge < -0.3 is 0 Å². The van der Waals surface area contributed by atoms with Gasteiger partial charge in [0.15, 0.2) is 0 Å². The summed E-state index contributed by atoms with van der Waals surface area (Å²) in [6.07, 6.45) is 0. The molecule has 3 nitrogen and oxygen atoms in total. The van der Waals surface area contributed by atoms with Crippen LogP contribution in [0.3, 0.4) is 0 Å². The van der Waals surface area contributed by atoms with Gasteiger partial charge in [-0.2, -0.15) is 0 Å². The number of hydrogen-bond acceptors (Lipinski definition) is 1. The van der Waals surface area contributed by atoms with Gasteiger partial charge in [-0.1, -0.05) is 159 Å². The van der Waals surface area contributed by atoms with Gasteiger partial charge in [-0.05, 0) is 107 Å². The van der Waals surface area contributed by atoms with Crippen molar-refractivity contribution in [2.45, 2.75) is 78.1 Å². The van der Waals surface area contributed by atoms with E-state index in [2.05, 4.69) is 162 Å².